The van der Waals surface area contributed by atoms with Gasteiger partial charge in [-0.3, -0.25) is 4.98 Å². The minimum Gasteiger partial charge on any atom is -0.264 e. The van der Waals surface area contributed by atoms with Gasteiger partial charge in [0.2, 0.25) is 0 Å². The van der Waals surface area contributed by atoms with E-state index in [4.69, 9.17) is 0 Å². The van der Waals surface area contributed by atoms with E-state index in [0.717, 1.165) is 5.39 Å². The molecule has 0 radical (unpaired) electrons. The summed E-state index contributed by atoms with van der Waals surface area (Å²) >= 11 is 0. The third kappa shape index (κ3) is 3.52. The lowest BCUT2D eigenvalue weighted by molar-refractivity contribution is 1.37. The molecular formula is C39H25N. The molecule has 1 heterocycles. The largest absolute Gasteiger partial charge is 0.264 e. The minimum absolute atomic E-state index is 1.16. The molecule has 8 rings (SSSR count). The zero-order valence-electron chi connectivity index (χ0n) is 21.9. The van der Waals surface area contributed by atoms with Crippen LogP contribution in [0.25, 0.3) is 76.5 Å². The van der Waals surface area contributed by atoms with Crippen molar-refractivity contribution >= 4 is 43.1 Å². The Balaban J connectivity index is 1.49. The monoisotopic (exact) mass is 507 g/mol. The van der Waals surface area contributed by atoms with E-state index in [9.17, 15) is 0 Å². The van der Waals surface area contributed by atoms with Crippen LogP contribution in [0.15, 0.2) is 152 Å². The lowest BCUT2D eigenvalue weighted by atomic mass is 9.83. The van der Waals surface area contributed by atoms with Crippen molar-refractivity contribution in [1.29, 1.82) is 0 Å². The van der Waals surface area contributed by atoms with Crippen molar-refractivity contribution in [2.45, 2.75) is 0 Å². The van der Waals surface area contributed by atoms with E-state index in [1.807, 2.05) is 12.4 Å². The molecule has 0 aliphatic carbocycles. The number of nitrogens with zero attached hydrogens (tertiary/aromatic N) is 1. The summed E-state index contributed by atoms with van der Waals surface area (Å²) in [7, 11) is 0. The van der Waals surface area contributed by atoms with Crippen LogP contribution in [0.1, 0.15) is 0 Å². The highest BCUT2D eigenvalue weighted by Gasteiger charge is 2.19. The van der Waals surface area contributed by atoms with Crippen LogP contribution in [0.2, 0.25) is 0 Å². The van der Waals surface area contributed by atoms with Crippen molar-refractivity contribution in [3.05, 3.63) is 152 Å². The minimum atomic E-state index is 1.16. The molecule has 0 amide bonds. The van der Waals surface area contributed by atoms with Gasteiger partial charge in [-0.15, -0.1) is 0 Å². The highest BCUT2D eigenvalue weighted by Crippen LogP contribution is 2.47. The van der Waals surface area contributed by atoms with Gasteiger partial charge < -0.3 is 0 Å². The summed E-state index contributed by atoms with van der Waals surface area (Å²) in [6.45, 7) is 0. The molecule has 0 saturated carbocycles. The molecule has 40 heavy (non-hydrogen) atoms. The third-order valence-corrected chi connectivity index (χ3v) is 8.14. The smallest absolute Gasteiger partial charge is 0.0353 e. The van der Waals surface area contributed by atoms with Crippen LogP contribution in [-0.2, 0) is 0 Å². The van der Waals surface area contributed by atoms with Gasteiger partial charge in [-0.2, -0.15) is 0 Å². The lowest BCUT2D eigenvalue weighted by Gasteiger charge is -2.20. The van der Waals surface area contributed by atoms with Crippen molar-refractivity contribution in [3.8, 4) is 33.4 Å². The normalized spacial score (nSPS) is 11.5. The first-order valence-corrected chi connectivity index (χ1v) is 13.7. The van der Waals surface area contributed by atoms with Gasteiger partial charge in [0, 0.05) is 17.8 Å². The van der Waals surface area contributed by atoms with E-state index in [1.165, 1.54) is 71.1 Å². The molecule has 0 unspecified atom stereocenters. The fraction of sp³-hybridized carbons (Fsp3) is 0. The van der Waals surface area contributed by atoms with E-state index >= 15 is 0 Å². The first kappa shape index (κ1) is 22.7. The number of fused-ring (bicyclic) bond motifs is 4. The molecule has 0 aliphatic heterocycles. The van der Waals surface area contributed by atoms with Crippen LogP contribution in [0, 0.1) is 0 Å². The zero-order valence-corrected chi connectivity index (χ0v) is 21.9. The molecule has 0 atom stereocenters. The Morgan fingerprint density at radius 1 is 0.350 bits per heavy atom. The molecule has 186 valence electrons. The molecule has 1 aromatic heterocycles. The van der Waals surface area contributed by atoms with Gasteiger partial charge in [-0.1, -0.05) is 127 Å². The van der Waals surface area contributed by atoms with Crippen molar-refractivity contribution < 1.29 is 0 Å². The first-order chi connectivity index (χ1) is 19.9. The highest BCUT2D eigenvalue weighted by atomic mass is 14.6. The lowest BCUT2D eigenvalue weighted by Crippen LogP contribution is -1.93. The SMILES string of the molecule is c1ccc(-c2c3ccccc3c(-c3cccc4ccccc34)c3ccncc23)c(-c2ccc3ccccc3c2)c1. The summed E-state index contributed by atoms with van der Waals surface area (Å²) in [4.78, 5) is 4.65. The molecule has 0 saturated heterocycles. The van der Waals surface area contributed by atoms with Crippen LogP contribution in [0.4, 0.5) is 0 Å². The molecule has 0 N–H and O–H groups in total. The van der Waals surface area contributed by atoms with E-state index in [2.05, 4.69) is 145 Å². The zero-order chi connectivity index (χ0) is 26.5. The maximum absolute atomic E-state index is 4.65. The van der Waals surface area contributed by atoms with Crippen molar-refractivity contribution in [2.24, 2.45) is 0 Å². The third-order valence-electron chi connectivity index (χ3n) is 8.14. The summed E-state index contributed by atoms with van der Waals surface area (Å²) in [6.07, 6.45) is 3.97. The molecule has 0 spiro atoms. The molecule has 7 aromatic carbocycles. The summed E-state index contributed by atoms with van der Waals surface area (Å²) in [6, 6.07) is 50.4. The van der Waals surface area contributed by atoms with Crippen LogP contribution in [0.5, 0.6) is 0 Å². The maximum atomic E-state index is 4.65. The van der Waals surface area contributed by atoms with Crippen LogP contribution in [0.3, 0.4) is 0 Å². The van der Waals surface area contributed by atoms with Gasteiger partial charge in [-0.25, -0.2) is 0 Å². The topological polar surface area (TPSA) is 12.9 Å². The Morgan fingerprint density at radius 2 is 0.925 bits per heavy atom. The highest BCUT2D eigenvalue weighted by molar-refractivity contribution is 6.24. The second-order valence-corrected chi connectivity index (χ2v) is 10.4. The average molecular weight is 508 g/mol. The Kier molecular flexibility index (Phi) is 5.21. The maximum Gasteiger partial charge on any atom is 0.0353 e. The van der Waals surface area contributed by atoms with Gasteiger partial charge in [0.25, 0.3) is 0 Å². The summed E-state index contributed by atoms with van der Waals surface area (Å²) in [5.41, 5.74) is 7.40. The fourth-order valence-corrected chi connectivity index (χ4v) is 6.35. The number of pyridine rings is 1. The molecule has 1 heteroatoms. The number of hydrogen-bond acceptors (Lipinski definition) is 1. The summed E-state index contributed by atoms with van der Waals surface area (Å²) < 4.78 is 0. The fourth-order valence-electron chi connectivity index (χ4n) is 6.35. The predicted octanol–water partition coefficient (Wildman–Crippen LogP) is 10.7. The second kappa shape index (κ2) is 9.18. The Hall–Kier alpha value is -5.27. The molecule has 0 fully saturated rings. The molecule has 8 aromatic rings. The van der Waals surface area contributed by atoms with Gasteiger partial charge >= 0.3 is 0 Å². The number of aromatic nitrogens is 1. The van der Waals surface area contributed by atoms with Crippen molar-refractivity contribution in [1.82, 2.24) is 4.98 Å². The summed E-state index contributed by atoms with van der Waals surface area (Å²) in [5.74, 6) is 0. The van der Waals surface area contributed by atoms with Gasteiger partial charge in [-0.05, 0) is 83.2 Å². The first-order valence-electron chi connectivity index (χ1n) is 13.7. The number of benzene rings is 7. The van der Waals surface area contributed by atoms with Crippen molar-refractivity contribution in [3.63, 3.8) is 0 Å². The Morgan fingerprint density at radius 3 is 1.75 bits per heavy atom. The van der Waals surface area contributed by atoms with Crippen LogP contribution in [-0.4, -0.2) is 4.98 Å². The number of rotatable bonds is 3. The molecular weight excluding hydrogens is 482 g/mol. The van der Waals surface area contributed by atoms with Gasteiger partial charge in [0.05, 0.1) is 0 Å². The van der Waals surface area contributed by atoms with Gasteiger partial charge in [0.1, 0.15) is 0 Å². The average Bonchev–Trinajstić information content (AvgIpc) is 3.03. The number of hydrogen-bond donors (Lipinski definition) is 0. The van der Waals surface area contributed by atoms with Crippen LogP contribution >= 0.6 is 0 Å². The predicted molar refractivity (Wildman–Crippen MR) is 171 cm³/mol. The van der Waals surface area contributed by atoms with Gasteiger partial charge in [0.15, 0.2) is 0 Å². The Bertz CT molecular complexity index is 2160. The van der Waals surface area contributed by atoms with E-state index in [1.54, 1.807) is 0 Å². The second-order valence-electron chi connectivity index (χ2n) is 10.4. The van der Waals surface area contributed by atoms with E-state index in [-0.39, 0.29) is 0 Å². The molecule has 0 aliphatic rings. The summed E-state index contributed by atoms with van der Waals surface area (Å²) in [5, 5.41) is 9.88. The van der Waals surface area contributed by atoms with E-state index in [0.29, 0.717) is 0 Å². The Labute approximate surface area is 233 Å². The van der Waals surface area contributed by atoms with Crippen LogP contribution < -0.4 is 0 Å². The van der Waals surface area contributed by atoms with Crippen molar-refractivity contribution in [2.75, 3.05) is 0 Å². The molecule has 1 nitrogen and oxygen atoms in total. The van der Waals surface area contributed by atoms with E-state index < -0.39 is 0 Å². The molecule has 0 bridgehead atoms. The standard InChI is InChI=1S/C39H25N/c1-2-12-28-24-29(21-20-26(28)10-1)31-15-5-6-16-32(31)39-35-18-8-7-17-34(35)38(36-22-23-40-25-37(36)39)33-19-9-13-27-11-3-4-14-30(27)33/h1-25H. The quantitative estimate of drug-likeness (QED) is 0.217.